The number of anilines is 1. The van der Waals surface area contributed by atoms with Crippen molar-refractivity contribution < 1.29 is 9.53 Å². The van der Waals surface area contributed by atoms with Crippen molar-refractivity contribution in [1.29, 1.82) is 0 Å². The smallest absolute Gasteiger partial charge is 0.255 e. The first-order chi connectivity index (χ1) is 12.8. The van der Waals surface area contributed by atoms with Gasteiger partial charge in [0.1, 0.15) is 0 Å². The Hall–Kier alpha value is -2.54. The van der Waals surface area contributed by atoms with Gasteiger partial charge in [0.15, 0.2) is 0 Å². The Morgan fingerprint density at radius 1 is 1.27 bits per heavy atom. The number of pyridine rings is 1. The maximum Gasteiger partial charge on any atom is 0.255 e. The van der Waals surface area contributed by atoms with Gasteiger partial charge in [-0.1, -0.05) is 0 Å². The van der Waals surface area contributed by atoms with E-state index in [9.17, 15) is 4.79 Å². The number of nitrogens with one attached hydrogen (secondary N) is 1. The molecular formula is C19H23N5O2. The van der Waals surface area contributed by atoms with Gasteiger partial charge in [-0.25, -0.2) is 9.97 Å². The van der Waals surface area contributed by atoms with E-state index in [1.807, 2.05) is 12.1 Å². The first-order valence-electron chi connectivity index (χ1n) is 9.23. The molecule has 1 unspecified atom stereocenters. The number of ether oxygens (including phenoxy) is 1. The number of nitrogens with zero attached hydrogens (tertiary/aromatic N) is 4. The molecule has 2 aromatic heterocycles. The Morgan fingerprint density at radius 2 is 2.15 bits per heavy atom. The van der Waals surface area contributed by atoms with Gasteiger partial charge < -0.3 is 15.0 Å². The number of aromatic nitrogens is 3. The van der Waals surface area contributed by atoms with Crippen LogP contribution in [-0.2, 0) is 4.74 Å². The fourth-order valence-electron chi connectivity index (χ4n) is 3.44. The van der Waals surface area contributed by atoms with E-state index in [2.05, 4.69) is 20.2 Å². The quantitative estimate of drug-likeness (QED) is 0.886. The Kier molecular flexibility index (Phi) is 5.06. The van der Waals surface area contributed by atoms with Crippen LogP contribution in [0.1, 0.15) is 36.0 Å². The van der Waals surface area contributed by atoms with Gasteiger partial charge >= 0.3 is 0 Å². The predicted molar refractivity (Wildman–Crippen MR) is 98.0 cm³/mol. The summed E-state index contributed by atoms with van der Waals surface area (Å²) in [6.07, 6.45) is 9.51. The molecule has 1 atom stereocenters. The molecule has 7 heteroatoms. The van der Waals surface area contributed by atoms with E-state index in [1.165, 1.54) is 0 Å². The van der Waals surface area contributed by atoms with Gasteiger partial charge in [-0.3, -0.25) is 9.78 Å². The average Bonchev–Trinajstić information content (AvgIpc) is 3.40. The highest BCUT2D eigenvalue weighted by Crippen LogP contribution is 2.24. The third kappa shape index (κ3) is 3.67. The van der Waals surface area contributed by atoms with Crippen LogP contribution in [0.15, 0.2) is 30.7 Å². The molecule has 0 radical (unpaired) electrons. The second-order valence-corrected chi connectivity index (χ2v) is 6.71. The maximum atomic E-state index is 12.7. The number of carbonyl (C=O) groups excluding carboxylic acids is 1. The number of hydrogen-bond acceptors (Lipinski definition) is 6. The van der Waals surface area contributed by atoms with Crippen molar-refractivity contribution >= 4 is 11.9 Å². The zero-order valence-corrected chi connectivity index (χ0v) is 14.7. The molecule has 0 bridgehead atoms. The lowest BCUT2D eigenvalue weighted by Crippen LogP contribution is -2.32. The van der Waals surface area contributed by atoms with E-state index in [-0.39, 0.29) is 12.0 Å². The van der Waals surface area contributed by atoms with Crippen molar-refractivity contribution in [2.75, 3.05) is 31.1 Å². The first kappa shape index (κ1) is 16.9. The summed E-state index contributed by atoms with van der Waals surface area (Å²) in [5, 5.41) is 2.96. The molecule has 7 nitrogen and oxygen atoms in total. The normalized spacial score (nSPS) is 19.7. The van der Waals surface area contributed by atoms with Gasteiger partial charge in [0, 0.05) is 50.4 Å². The Labute approximate surface area is 152 Å². The standard InChI is InChI=1S/C19H23N5O2/c25-18(21-12-15-6-4-10-26-15)16-13-22-19(24-8-1-2-9-24)23-17(16)14-5-3-7-20-11-14/h3,5,7,11,13,15H,1-2,4,6,8-10,12H2,(H,21,25). The molecule has 136 valence electrons. The van der Waals surface area contributed by atoms with Crippen LogP contribution in [0, 0.1) is 0 Å². The Bertz CT molecular complexity index is 756. The topological polar surface area (TPSA) is 80.2 Å². The molecule has 2 aromatic rings. The number of carbonyl (C=O) groups is 1. The molecule has 2 aliphatic heterocycles. The SMILES string of the molecule is O=C(NCC1CCCO1)c1cnc(N2CCCC2)nc1-c1cccnc1. The van der Waals surface area contributed by atoms with Crippen LogP contribution in [-0.4, -0.2) is 53.2 Å². The van der Waals surface area contributed by atoms with E-state index < -0.39 is 0 Å². The van der Waals surface area contributed by atoms with E-state index in [0.717, 1.165) is 50.9 Å². The maximum absolute atomic E-state index is 12.7. The van der Waals surface area contributed by atoms with Crippen molar-refractivity contribution in [3.63, 3.8) is 0 Å². The van der Waals surface area contributed by atoms with Gasteiger partial charge in [0.25, 0.3) is 5.91 Å². The van der Waals surface area contributed by atoms with Crippen molar-refractivity contribution in [1.82, 2.24) is 20.3 Å². The summed E-state index contributed by atoms with van der Waals surface area (Å²) >= 11 is 0. The van der Waals surface area contributed by atoms with Gasteiger partial charge in [-0.05, 0) is 37.8 Å². The minimum atomic E-state index is -0.174. The lowest BCUT2D eigenvalue weighted by Gasteiger charge is -2.18. The molecule has 0 aromatic carbocycles. The van der Waals surface area contributed by atoms with Gasteiger partial charge in [-0.15, -0.1) is 0 Å². The van der Waals surface area contributed by atoms with E-state index in [4.69, 9.17) is 9.72 Å². The predicted octanol–water partition coefficient (Wildman–Crippen LogP) is 2.05. The van der Waals surface area contributed by atoms with Gasteiger partial charge in [0.2, 0.25) is 5.95 Å². The lowest BCUT2D eigenvalue weighted by molar-refractivity contribution is 0.0858. The van der Waals surface area contributed by atoms with Gasteiger partial charge in [0.05, 0.1) is 17.4 Å². The molecule has 1 amide bonds. The summed E-state index contributed by atoms with van der Waals surface area (Å²) in [5.74, 6) is 0.504. The molecule has 0 spiro atoms. The Balaban J connectivity index is 1.60. The second kappa shape index (κ2) is 7.78. The summed E-state index contributed by atoms with van der Waals surface area (Å²) < 4.78 is 5.58. The molecule has 0 saturated carbocycles. The molecule has 2 aliphatic rings. The second-order valence-electron chi connectivity index (χ2n) is 6.71. The Morgan fingerprint density at radius 3 is 2.88 bits per heavy atom. The molecule has 4 rings (SSSR count). The molecule has 1 N–H and O–H groups in total. The average molecular weight is 353 g/mol. The highest BCUT2D eigenvalue weighted by Gasteiger charge is 2.22. The van der Waals surface area contributed by atoms with Gasteiger partial charge in [-0.2, -0.15) is 0 Å². The fourth-order valence-corrected chi connectivity index (χ4v) is 3.44. The van der Waals surface area contributed by atoms with Crippen LogP contribution >= 0.6 is 0 Å². The summed E-state index contributed by atoms with van der Waals surface area (Å²) in [6.45, 7) is 3.20. The summed E-state index contributed by atoms with van der Waals surface area (Å²) in [7, 11) is 0. The number of hydrogen-bond donors (Lipinski definition) is 1. The van der Waals surface area contributed by atoms with Crippen molar-refractivity contribution in [3.8, 4) is 11.3 Å². The minimum absolute atomic E-state index is 0.102. The molecule has 2 fully saturated rings. The zero-order valence-electron chi connectivity index (χ0n) is 14.7. The summed E-state index contributed by atoms with van der Waals surface area (Å²) in [4.78, 5) is 28.2. The third-order valence-electron chi connectivity index (χ3n) is 4.86. The highest BCUT2D eigenvalue weighted by atomic mass is 16.5. The van der Waals surface area contributed by atoms with Crippen molar-refractivity contribution in [3.05, 3.63) is 36.3 Å². The van der Waals surface area contributed by atoms with E-state index >= 15 is 0 Å². The van der Waals surface area contributed by atoms with Crippen LogP contribution in [0.2, 0.25) is 0 Å². The first-order valence-corrected chi connectivity index (χ1v) is 9.23. The monoisotopic (exact) mass is 353 g/mol. The van der Waals surface area contributed by atoms with Crippen LogP contribution in [0.4, 0.5) is 5.95 Å². The highest BCUT2D eigenvalue weighted by molar-refractivity contribution is 5.99. The van der Waals surface area contributed by atoms with Crippen molar-refractivity contribution in [2.45, 2.75) is 31.8 Å². The number of amides is 1. The van der Waals surface area contributed by atoms with Crippen LogP contribution in [0.3, 0.4) is 0 Å². The molecule has 0 aliphatic carbocycles. The molecule has 4 heterocycles. The molecule has 2 saturated heterocycles. The summed E-state index contributed by atoms with van der Waals surface area (Å²) in [5.41, 5.74) is 1.91. The largest absolute Gasteiger partial charge is 0.376 e. The third-order valence-corrected chi connectivity index (χ3v) is 4.86. The van der Waals surface area contributed by atoms with Crippen LogP contribution in [0.25, 0.3) is 11.3 Å². The fraction of sp³-hybridized carbons (Fsp3) is 0.474. The number of rotatable bonds is 5. The zero-order chi connectivity index (χ0) is 17.8. The van der Waals surface area contributed by atoms with Crippen LogP contribution in [0.5, 0.6) is 0 Å². The molecule has 26 heavy (non-hydrogen) atoms. The summed E-state index contributed by atoms with van der Waals surface area (Å²) in [6, 6.07) is 3.76. The van der Waals surface area contributed by atoms with Crippen LogP contribution < -0.4 is 10.2 Å². The lowest BCUT2D eigenvalue weighted by atomic mass is 10.1. The van der Waals surface area contributed by atoms with E-state index in [0.29, 0.717) is 23.8 Å². The van der Waals surface area contributed by atoms with E-state index in [1.54, 1.807) is 18.6 Å². The van der Waals surface area contributed by atoms with Crippen molar-refractivity contribution in [2.24, 2.45) is 0 Å². The molecular weight excluding hydrogens is 330 g/mol. The minimum Gasteiger partial charge on any atom is -0.376 e.